The maximum Gasteiger partial charge on any atom is 0.161 e. The molecule has 0 N–H and O–H groups in total. The topological polar surface area (TPSA) is 27.1 Å². The van der Waals surface area contributed by atoms with Gasteiger partial charge in [0.1, 0.15) is 0 Å². The molecule has 1 aromatic heterocycles. The summed E-state index contributed by atoms with van der Waals surface area (Å²) >= 11 is 5.76. The molecule has 0 aliphatic carbocycles. The van der Waals surface area contributed by atoms with E-state index in [1.165, 1.54) is 0 Å². The molecule has 68 valence electrons. The third-order valence-corrected chi connectivity index (χ3v) is 1.95. The lowest BCUT2D eigenvalue weighted by atomic mass is 10.3. The first kappa shape index (κ1) is 9.39. The summed E-state index contributed by atoms with van der Waals surface area (Å²) < 4.78 is 6.97. The van der Waals surface area contributed by atoms with E-state index in [0.29, 0.717) is 11.9 Å². The number of halogens is 1. The van der Waals surface area contributed by atoms with E-state index in [1.54, 1.807) is 13.3 Å². The normalized spacial score (nSPS) is 10.8. The van der Waals surface area contributed by atoms with Crippen LogP contribution in [0.15, 0.2) is 6.20 Å². The summed E-state index contributed by atoms with van der Waals surface area (Å²) in [4.78, 5) is 0. The van der Waals surface area contributed by atoms with Crippen LogP contribution in [-0.4, -0.2) is 16.9 Å². The van der Waals surface area contributed by atoms with Gasteiger partial charge in [-0.25, -0.2) is 0 Å². The molecule has 0 saturated carbocycles. The van der Waals surface area contributed by atoms with E-state index in [2.05, 4.69) is 18.9 Å². The van der Waals surface area contributed by atoms with Gasteiger partial charge < -0.3 is 4.74 Å². The van der Waals surface area contributed by atoms with Crippen molar-refractivity contribution in [2.24, 2.45) is 0 Å². The Kier molecular flexibility index (Phi) is 2.98. The molecular weight excluding hydrogens is 176 g/mol. The number of hydrogen-bond donors (Lipinski definition) is 0. The molecule has 3 nitrogen and oxygen atoms in total. The van der Waals surface area contributed by atoms with Crippen molar-refractivity contribution in [3.05, 3.63) is 11.9 Å². The van der Waals surface area contributed by atoms with Crippen molar-refractivity contribution in [3.63, 3.8) is 0 Å². The van der Waals surface area contributed by atoms with E-state index in [1.807, 2.05) is 4.68 Å². The second-order valence-electron chi connectivity index (χ2n) is 2.83. The molecule has 0 radical (unpaired) electrons. The number of alkyl halides is 1. The standard InChI is InChI=1S/C8H13ClN2O/c1-6(2)11-7(4-9)8(12-3)5-10-11/h5-6H,4H2,1-3H3. The highest BCUT2D eigenvalue weighted by Crippen LogP contribution is 2.22. The lowest BCUT2D eigenvalue weighted by Gasteiger charge is -2.09. The Hall–Kier alpha value is -0.700. The molecule has 0 aromatic carbocycles. The fraction of sp³-hybridized carbons (Fsp3) is 0.625. The van der Waals surface area contributed by atoms with Crippen LogP contribution >= 0.6 is 11.6 Å². The Bertz CT molecular complexity index is 258. The predicted molar refractivity (Wildman–Crippen MR) is 48.7 cm³/mol. The minimum Gasteiger partial charge on any atom is -0.493 e. The molecule has 0 aliphatic heterocycles. The number of methoxy groups -OCH3 is 1. The van der Waals surface area contributed by atoms with Crippen LogP contribution in [0.4, 0.5) is 0 Å². The van der Waals surface area contributed by atoms with Crippen molar-refractivity contribution < 1.29 is 4.74 Å². The van der Waals surface area contributed by atoms with Crippen LogP contribution in [0.3, 0.4) is 0 Å². The number of nitrogens with zero attached hydrogens (tertiary/aromatic N) is 2. The van der Waals surface area contributed by atoms with Gasteiger partial charge in [-0.15, -0.1) is 11.6 Å². The van der Waals surface area contributed by atoms with Gasteiger partial charge in [0.05, 0.1) is 24.9 Å². The highest BCUT2D eigenvalue weighted by atomic mass is 35.5. The summed E-state index contributed by atoms with van der Waals surface area (Å²) in [6.07, 6.45) is 1.69. The molecule has 0 unspecified atom stereocenters. The average Bonchev–Trinajstić information content (AvgIpc) is 2.46. The summed E-state index contributed by atoms with van der Waals surface area (Å²) in [5, 5.41) is 4.16. The van der Waals surface area contributed by atoms with Gasteiger partial charge in [-0.05, 0) is 13.8 Å². The first-order valence-electron chi connectivity index (χ1n) is 3.87. The van der Waals surface area contributed by atoms with Crippen molar-refractivity contribution in [2.45, 2.75) is 25.8 Å². The van der Waals surface area contributed by atoms with Gasteiger partial charge in [-0.2, -0.15) is 5.10 Å². The molecule has 1 heterocycles. The van der Waals surface area contributed by atoms with Crippen molar-refractivity contribution >= 4 is 11.6 Å². The molecule has 0 atom stereocenters. The zero-order valence-corrected chi connectivity index (χ0v) is 8.30. The summed E-state index contributed by atoms with van der Waals surface area (Å²) in [5.74, 6) is 1.19. The van der Waals surface area contributed by atoms with Crippen molar-refractivity contribution in [3.8, 4) is 5.75 Å². The van der Waals surface area contributed by atoms with Crippen LogP contribution in [0, 0.1) is 0 Å². The first-order valence-corrected chi connectivity index (χ1v) is 4.40. The van der Waals surface area contributed by atoms with Crippen LogP contribution in [0.5, 0.6) is 5.75 Å². The smallest absolute Gasteiger partial charge is 0.161 e. The average molecular weight is 189 g/mol. The van der Waals surface area contributed by atoms with Crippen molar-refractivity contribution in [2.75, 3.05) is 7.11 Å². The van der Waals surface area contributed by atoms with Gasteiger partial charge >= 0.3 is 0 Å². The lowest BCUT2D eigenvalue weighted by Crippen LogP contribution is -2.06. The maximum absolute atomic E-state index is 5.76. The molecule has 1 aromatic rings. The summed E-state index contributed by atoms with van der Waals surface area (Å²) in [6.45, 7) is 4.12. The quantitative estimate of drug-likeness (QED) is 0.681. The van der Waals surface area contributed by atoms with Gasteiger partial charge in [-0.3, -0.25) is 4.68 Å². The largest absolute Gasteiger partial charge is 0.493 e. The number of hydrogen-bond acceptors (Lipinski definition) is 2. The number of rotatable bonds is 3. The third kappa shape index (κ3) is 1.55. The second kappa shape index (κ2) is 3.81. The molecular formula is C8H13ClN2O. The van der Waals surface area contributed by atoms with Crippen LogP contribution in [0.2, 0.25) is 0 Å². The maximum atomic E-state index is 5.76. The van der Waals surface area contributed by atoms with Crippen LogP contribution in [0.1, 0.15) is 25.6 Å². The Morgan fingerprint density at radius 1 is 1.67 bits per heavy atom. The zero-order chi connectivity index (χ0) is 9.14. The zero-order valence-electron chi connectivity index (χ0n) is 7.54. The van der Waals surface area contributed by atoms with E-state index in [9.17, 15) is 0 Å². The fourth-order valence-corrected chi connectivity index (χ4v) is 1.37. The van der Waals surface area contributed by atoms with E-state index in [0.717, 1.165) is 11.4 Å². The van der Waals surface area contributed by atoms with E-state index in [4.69, 9.17) is 16.3 Å². The molecule has 0 saturated heterocycles. The van der Waals surface area contributed by atoms with Crippen molar-refractivity contribution in [1.29, 1.82) is 0 Å². The Morgan fingerprint density at radius 2 is 2.33 bits per heavy atom. The van der Waals surface area contributed by atoms with E-state index in [-0.39, 0.29) is 0 Å². The van der Waals surface area contributed by atoms with Crippen molar-refractivity contribution in [1.82, 2.24) is 9.78 Å². The van der Waals surface area contributed by atoms with Gasteiger partial charge in [0, 0.05) is 6.04 Å². The summed E-state index contributed by atoms with van der Waals surface area (Å²) in [5.41, 5.74) is 0.939. The Morgan fingerprint density at radius 3 is 2.75 bits per heavy atom. The molecule has 12 heavy (non-hydrogen) atoms. The molecule has 0 fully saturated rings. The van der Waals surface area contributed by atoms with Gasteiger partial charge in [-0.1, -0.05) is 0 Å². The minimum absolute atomic E-state index is 0.322. The predicted octanol–water partition coefficient (Wildman–Crippen LogP) is 2.21. The highest BCUT2D eigenvalue weighted by molar-refractivity contribution is 6.17. The summed E-state index contributed by atoms with van der Waals surface area (Å²) in [6, 6.07) is 0.322. The van der Waals surface area contributed by atoms with Crippen LogP contribution < -0.4 is 4.74 Å². The SMILES string of the molecule is COc1cnn(C(C)C)c1CCl. The highest BCUT2D eigenvalue weighted by Gasteiger charge is 2.11. The van der Waals surface area contributed by atoms with Gasteiger partial charge in [0.15, 0.2) is 5.75 Å². The molecule has 0 amide bonds. The van der Waals surface area contributed by atoms with Crippen LogP contribution in [0.25, 0.3) is 0 Å². The van der Waals surface area contributed by atoms with E-state index < -0.39 is 0 Å². The van der Waals surface area contributed by atoms with E-state index >= 15 is 0 Å². The molecule has 4 heteroatoms. The van der Waals surface area contributed by atoms with Gasteiger partial charge in [0.2, 0.25) is 0 Å². The summed E-state index contributed by atoms with van der Waals surface area (Å²) in [7, 11) is 1.62. The molecule has 0 spiro atoms. The molecule has 0 aliphatic rings. The first-order chi connectivity index (χ1) is 5.70. The Balaban J connectivity index is 3.05. The second-order valence-corrected chi connectivity index (χ2v) is 3.10. The monoisotopic (exact) mass is 188 g/mol. The number of ether oxygens (including phenoxy) is 1. The molecule has 1 rings (SSSR count). The number of aromatic nitrogens is 2. The minimum atomic E-state index is 0.322. The lowest BCUT2D eigenvalue weighted by molar-refractivity contribution is 0.407. The Labute approximate surface area is 77.3 Å². The fourth-order valence-electron chi connectivity index (χ4n) is 1.11. The van der Waals surface area contributed by atoms with Crippen LogP contribution in [-0.2, 0) is 5.88 Å². The molecule has 0 bridgehead atoms. The third-order valence-electron chi connectivity index (χ3n) is 1.70. The van der Waals surface area contributed by atoms with Gasteiger partial charge in [0.25, 0.3) is 0 Å².